The summed E-state index contributed by atoms with van der Waals surface area (Å²) in [5, 5.41) is 11.9. The fourth-order valence-corrected chi connectivity index (χ4v) is 2.93. The minimum absolute atomic E-state index is 0.242. The lowest BCUT2D eigenvalue weighted by Crippen LogP contribution is -2.01. The number of aryl methyl sites for hydroxylation is 1. The first-order valence-corrected chi connectivity index (χ1v) is 6.92. The monoisotopic (exact) mass is 284 g/mol. The van der Waals surface area contributed by atoms with Gasteiger partial charge in [0.2, 0.25) is 0 Å². The molecule has 2 N–H and O–H groups in total. The van der Waals surface area contributed by atoms with Gasteiger partial charge in [-0.15, -0.1) is 0 Å². The minimum Gasteiger partial charge on any atom is -0.478 e. The second-order valence-corrected chi connectivity index (χ2v) is 5.47. The number of H-pyrrole nitrogens is 1. The van der Waals surface area contributed by atoms with E-state index in [9.17, 15) is 4.79 Å². The molecule has 0 unspecified atom stereocenters. The molecular formula is C15H12N2O2S. The minimum atomic E-state index is -0.947. The van der Waals surface area contributed by atoms with E-state index in [0.29, 0.717) is 5.69 Å². The normalized spacial score (nSPS) is 10.8. The van der Waals surface area contributed by atoms with Gasteiger partial charge in [0.05, 0.1) is 16.3 Å². The van der Waals surface area contributed by atoms with Gasteiger partial charge in [-0.2, -0.15) is 0 Å². The zero-order valence-electron chi connectivity index (χ0n) is 10.8. The van der Waals surface area contributed by atoms with E-state index in [-0.39, 0.29) is 5.56 Å². The molecule has 0 amide bonds. The summed E-state index contributed by atoms with van der Waals surface area (Å²) in [6, 6.07) is 13.4. The Morgan fingerprint density at radius 3 is 2.75 bits per heavy atom. The first-order chi connectivity index (χ1) is 9.63. The number of para-hydroxylation sites is 1. The molecule has 0 aliphatic rings. The van der Waals surface area contributed by atoms with E-state index >= 15 is 0 Å². The second-order valence-electron chi connectivity index (χ2n) is 4.41. The number of nitrogens with zero attached hydrogens (tertiary/aromatic N) is 1. The van der Waals surface area contributed by atoms with Gasteiger partial charge >= 0.3 is 5.97 Å². The lowest BCUT2D eigenvalue weighted by Gasteiger charge is -2.03. The molecule has 0 fully saturated rings. The smallest absolute Gasteiger partial charge is 0.337 e. The third-order valence-corrected chi connectivity index (χ3v) is 3.89. The van der Waals surface area contributed by atoms with E-state index in [1.165, 1.54) is 11.8 Å². The summed E-state index contributed by atoms with van der Waals surface area (Å²) in [6.07, 6.45) is 0. The number of aromatic nitrogens is 2. The van der Waals surface area contributed by atoms with E-state index in [1.54, 1.807) is 19.1 Å². The zero-order valence-corrected chi connectivity index (χ0v) is 11.6. The SMILES string of the molecule is Cc1nc(Sc2cc3ccccc3[nH]2)ccc1C(=O)O. The highest BCUT2D eigenvalue weighted by atomic mass is 32.2. The van der Waals surface area contributed by atoms with Crippen molar-refractivity contribution in [3.8, 4) is 0 Å². The molecule has 3 rings (SSSR count). The van der Waals surface area contributed by atoms with Crippen molar-refractivity contribution in [2.75, 3.05) is 0 Å². The van der Waals surface area contributed by atoms with Crippen molar-refractivity contribution in [1.82, 2.24) is 9.97 Å². The summed E-state index contributed by atoms with van der Waals surface area (Å²) in [4.78, 5) is 18.6. The van der Waals surface area contributed by atoms with Crippen molar-refractivity contribution >= 4 is 28.6 Å². The maximum atomic E-state index is 11.0. The summed E-state index contributed by atoms with van der Waals surface area (Å²) in [5.74, 6) is -0.947. The molecule has 0 spiro atoms. The Morgan fingerprint density at radius 1 is 1.25 bits per heavy atom. The number of benzene rings is 1. The van der Waals surface area contributed by atoms with Gasteiger partial charge in [-0.25, -0.2) is 9.78 Å². The molecule has 2 heterocycles. The van der Waals surface area contributed by atoms with Crippen LogP contribution < -0.4 is 0 Å². The first kappa shape index (κ1) is 12.7. The second kappa shape index (κ2) is 5.02. The number of nitrogens with one attached hydrogen (secondary N) is 1. The number of fused-ring (bicyclic) bond motifs is 1. The Labute approximate surface area is 119 Å². The van der Waals surface area contributed by atoms with E-state index < -0.39 is 5.97 Å². The number of aromatic amines is 1. The van der Waals surface area contributed by atoms with E-state index in [4.69, 9.17) is 5.11 Å². The van der Waals surface area contributed by atoms with E-state index in [2.05, 4.69) is 16.0 Å². The van der Waals surface area contributed by atoms with Gasteiger partial charge in [0, 0.05) is 10.9 Å². The molecule has 0 atom stereocenters. The number of hydrogen-bond acceptors (Lipinski definition) is 3. The van der Waals surface area contributed by atoms with E-state index in [1.807, 2.05) is 24.3 Å². The molecule has 4 nitrogen and oxygen atoms in total. The Bertz CT molecular complexity index is 762. The lowest BCUT2D eigenvalue weighted by molar-refractivity contribution is 0.0695. The molecule has 0 aliphatic heterocycles. The number of carbonyl (C=O) groups is 1. The molecule has 0 saturated heterocycles. The number of hydrogen-bond donors (Lipinski definition) is 2. The highest BCUT2D eigenvalue weighted by molar-refractivity contribution is 7.99. The van der Waals surface area contributed by atoms with Gasteiger partial charge in [0.25, 0.3) is 0 Å². The van der Waals surface area contributed by atoms with Crippen LogP contribution in [0.15, 0.2) is 52.5 Å². The molecular weight excluding hydrogens is 272 g/mol. The highest BCUT2D eigenvalue weighted by Crippen LogP contribution is 2.29. The average Bonchev–Trinajstić information content (AvgIpc) is 2.80. The molecule has 20 heavy (non-hydrogen) atoms. The van der Waals surface area contributed by atoms with Crippen LogP contribution in [0.5, 0.6) is 0 Å². The van der Waals surface area contributed by atoms with Gasteiger partial charge in [-0.1, -0.05) is 30.0 Å². The largest absolute Gasteiger partial charge is 0.478 e. The third-order valence-electron chi connectivity index (χ3n) is 3.01. The van der Waals surface area contributed by atoms with Crippen LogP contribution in [0.2, 0.25) is 0 Å². The third kappa shape index (κ3) is 2.40. The zero-order chi connectivity index (χ0) is 14.1. The summed E-state index contributed by atoms with van der Waals surface area (Å²) in [6.45, 7) is 1.71. The maximum Gasteiger partial charge on any atom is 0.337 e. The fourth-order valence-electron chi connectivity index (χ4n) is 2.04. The molecule has 0 radical (unpaired) electrons. The standard InChI is InChI=1S/C15H12N2O2S/c1-9-11(15(18)19)6-7-13(16-9)20-14-8-10-4-2-3-5-12(10)17-14/h2-8,17H,1H3,(H,18,19). The van der Waals surface area contributed by atoms with Crippen molar-refractivity contribution in [3.05, 3.63) is 53.7 Å². The maximum absolute atomic E-state index is 11.0. The molecule has 1 aromatic carbocycles. The summed E-state index contributed by atoms with van der Waals surface area (Å²) in [7, 11) is 0. The molecule has 100 valence electrons. The highest BCUT2D eigenvalue weighted by Gasteiger charge is 2.10. The lowest BCUT2D eigenvalue weighted by atomic mass is 10.2. The molecule has 2 aromatic heterocycles. The Morgan fingerprint density at radius 2 is 2.05 bits per heavy atom. The molecule has 3 aromatic rings. The summed E-state index contributed by atoms with van der Waals surface area (Å²) >= 11 is 1.49. The van der Waals surface area contributed by atoms with Gasteiger partial charge < -0.3 is 10.1 Å². The van der Waals surface area contributed by atoms with Crippen molar-refractivity contribution < 1.29 is 9.90 Å². The average molecular weight is 284 g/mol. The summed E-state index contributed by atoms with van der Waals surface area (Å²) in [5.41, 5.74) is 1.85. The van der Waals surface area contributed by atoms with Gasteiger partial charge in [-0.3, -0.25) is 0 Å². The summed E-state index contributed by atoms with van der Waals surface area (Å²) < 4.78 is 0. The van der Waals surface area contributed by atoms with Crippen LogP contribution in [0.4, 0.5) is 0 Å². The Hall–Kier alpha value is -2.27. The van der Waals surface area contributed by atoms with Crippen molar-refractivity contribution in [1.29, 1.82) is 0 Å². The van der Waals surface area contributed by atoms with Crippen LogP contribution >= 0.6 is 11.8 Å². The predicted octanol–water partition coefficient (Wildman–Crippen LogP) is 3.72. The van der Waals surface area contributed by atoms with Crippen LogP contribution in [-0.2, 0) is 0 Å². The van der Waals surface area contributed by atoms with Crippen LogP contribution in [-0.4, -0.2) is 21.0 Å². The van der Waals surface area contributed by atoms with Crippen LogP contribution in [0.1, 0.15) is 16.1 Å². The number of aromatic carboxylic acids is 1. The van der Waals surface area contributed by atoms with Crippen molar-refractivity contribution in [3.63, 3.8) is 0 Å². The van der Waals surface area contributed by atoms with Gasteiger partial charge in [0.15, 0.2) is 0 Å². The van der Waals surface area contributed by atoms with Crippen LogP contribution in [0, 0.1) is 6.92 Å². The number of carboxylic acids is 1. The fraction of sp³-hybridized carbons (Fsp3) is 0.0667. The molecule has 0 aliphatic carbocycles. The van der Waals surface area contributed by atoms with Crippen molar-refractivity contribution in [2.45, 2.75) is 17.0 Å². The Balaban J connectivity index is 1.90. The van der Waals surface area contributed by atoms with Gasteiger partial charge in [0.1, 0.15) is 5.03 Å². The molecule has 0 bridgehead atoms. The topological polar surface area (TPSA) is 66.0 Å². The van der Waals surface area contributed by atoms with Crippen molar-refractivity contribution in [2.24, 2.45) is 0 Å². The Kier molecular flexibility index (Phi) is 3.20. The number of rotatable bonds is 3. The van der Waals surface area contributed by atoms with Crippen LogP contribution in [0.3, 0.4) is 0 Å². The number of pyridine rings is 1. The molecule has 5 heteroatoms. The first-order valence-electron chi connectivity index (χ1n) is 6.10. The number of carboxylic acid groups (broad SMARTS) is 1. The quantitative estimate of drug-likeness (QED) is 0.769. The van der Waals surface area contributed by atoms with E-state index in [0.717, 1.165) is 21.0 Å². The molecule has 0 saturated carbocycles. The van der Waals surface area contributed by atoms with Crippen LogP contribution in [0.25, 0.3) is 10.9 Å². The van der Waals surface area contributed by atoms with Gasteiger partial charge in [-0.05, 0) is 31.2 Å². The predicted molar refractivity (Wildman–Crippen MR) is 78.4 cm³/mol.